The summed E-state index contributed by atoms with van der Waals surface area (Å²) in [6.45, 7) is 4.68. The van der Waals surface area contributed by atoms with Gasteiger partial charge >= 0.3 is 0 Å². The summed E-state index contributed by atoms with van der Waals surface area (Å²) >= 11 is 0. The average molecular weight is 338 g/mol. The second-order valence-electron chi connectivity index (χ2n) is 5.67. The van der Waals surface area contributed by atoms with E-state index in [1.807, 2.05) is 42.5 Å². The fourth-order valence-corrected chi connectivity index (χ4v) is 2.54. The van der Waals surface area contributed by atoms with Crippen molar-refractivity contribution in [2.45, 2.75) is 13.3 Å². The van der Waals surface area contributed by atoms with E-state index in [1.54, 1.807) is 19.3 Å². The number of nitrogens with one attached hydrogen (secondary N) is 1. The van der Waals surface area contributed by atoms with Crippen LogP contribution in [0.4, 0.5) is 5.69 Å². The Morgan fingerprint density at radius 1 is 1.12 bits per heavy atom. The van der Waals surface area contributed by atoms with E-state index in [9.17, 15) is 4.79 Å². The van der Waals surface area contributed by atoms with Crippen molar-refractivity contribution in [2.75, 3.05) is 31.6 Å². The number of amides is 1. The van der Waals surface area contributed by atoms with Crippen LogP contribution in [0.1, 0.15) is 18.9 Å². The van der Waals surface area contributed by atoms with Crippen molar-refractivity contribution in [3.8, 4) is 5.75 Å². The molecular formula is C21H26N2O2. The molecule has 0 saturated carbocycles. The lowest BCUT2D eigenvalue weighted by Crippen LogP contribution is -2.29. The molecule has 1 N–H and O–H groups in total. The lowest BCUT2D eigenvalue weighted by molar-refractivity contribution is -0.116. The molecule has 2 aromatic carbocycles. The first-order valence-corrected chi connectivity index (χ1v) is 8.63. The van der Waals surface area contributed by atoms with Crippen LogP contribution in [0.2, 0.25) is 0 Å². The first-order chi connectivity index (χ1) is 12.2. The van der Waals surface area contributed by atoms with Crippen LogP contribution in [0, 0.1) is 0 Å². The highest BCUT2D eigenvalue weighted by molar-refractivity contribution is 5.91. The van der Waals surface area contributed by atoms with E-state index in [1.165, 1.54) is 5.69 Å². The summed E-state index contributed by atoms with van der Waals surface area (Å²) in [5, 5.41) is 2.93. The predicted octanol–water partition coefficient (Wildman–Crippen LogP) is 3.74. The molecule has 0 aliphatic heterocycles. The zero-order chi connectivity index (χ0) is 17.9. The summed E-state index contributed by atoms with van der Waals surface area (Å²) in [5.74, 6) is 0.735. The van der Waals surface area contributed by atoms with Gasteiger partial charge < -0.3 is 15.0 Å². The third-order valence-corrected chi connectivity index (χ3v) is 3.95. The van der Waals surface area contributed by atoms with E-state index in [-0.39, 0.29) is 5.91 Å². The smallest absolute Gasteiger partial charge is 0.244 e. The monoisotopic (exact) mass is 338 g/mol. The first-order valence-electron chi connectivity index (χ1n) is 8.63. The highest BCUT2D eigenvalue weighted by Crippen LogP contribution is 2.13. The van der Waals surface area contributed by atoms with Crippen LogP contribution in [0.15, 0.2) is 60.7 Å². The fourth-order valence-electron chi connectivity index (χ4n) is 2.54. The van der Waals surface area contributed by atoms with E-state index in [0.717, 1.165) is 30.8 Å². The molecule has 4 nitrogen and oxygen atoms in total. The highest BCUT2D eigenvalue weighted by atomic mass is 16.5. The summed E-state index contributed by atoms with van der Waals surface area (Å²) < 4.78 is 5.11. The molecule has 0 aliphatic rings. The SMILES string of the molecule is CCN(CCCNC(=O)C=Cc1ccc(OC)cc1)c1ccccc1. The third kappa shape index (κ3) is 6.34. The number of nitrogens with zero attached hydrogens (tertiary/aromatic N) is 1. The minimum absolute atomic E-state index is 0.0708. The molecule has 25 heavy (non-hydrogen) atoms. The lowest BCUT2D eigenvalue weighted by atomic mass is 10.2. The van der Waals surface area contributed by atoms with Crippen molar-refractivity contribution in [1.82, 2.24) is 5.32 Å². The largest absolute Gasteiger partial charge is 0.497 e. The Morgan fingerprint density at radius 3 is 2.48 bits per heavy atom. The number of hydrogen-bond acceptors (Lipinski definition) is 3. The van der Waals surface area contributed by atoms with Gasteiger partial charge in [-0.05, 0) is 49.2 Å². The Kier molecular flexibility index (Phi) is 7.57. The fraction of sp³-hybridized carbons (Fsp3) is 0.286. The number of anilines is 1. The minimum atomic E-state index is -0.0708. The van der Waals surface area contributed by atoms with Crippen molar-refractivity contribution in [3.63, 3.8) is 0 Å². The molecule has 2 rings (SSSR count). The highest BCUT2D eigenvalue weighted by Gasteiger charge is 2.03. The lowest BCUT2D eigenvalue weighted by Gasteiger charge is -2.23. The molecule has 0 aromatic heterocycles. The molecule has 0 radical (unpaired) electrons. The van der Waals surface area contributed by atoms with Crippen LogP contribution in [-0.4, -0.2) is 32.7 Å². The Morgan fingerprint density at radius 2 is 1.84 bits per heavy atom. The maximum atomic E-state index is 11.9. The molecule has 0 atom stereocenters. The molecule has 4 heteroatoms. The number of methoxy groups -OCH3 is 1. The number of hydrogen-bond donors (Lipinski definition) is 1. The van der Waals surface area contributed by atoms with E-state index >= 15 is 0 Å². The molecule has 0 unspecified atom stereocenters. The molecule has 2 aromatic rings. The maximum absolute atomic E-state index is 11.9. The second kappa shape index (κ2) is 10.2. The van der Waals surface area contributed by atoms with Gasteiger partial charge in [-0.2, -0.15) is 0 Å². The van der Waals surface area contributed by atoms with Crippen LogP contribution < -0.4 is 15.0 Å². The minimum Gasteiger partial charge on any atom is -0.497 e. The van der Waals surface area contributed by atoms with Crippen molar-refractivity contribution in [1.29, 1.82) is 0 Å². The Bertz CT molecular complexity index is 666. The van der Waals surface area contributed by atoms with Gasteiger partial charge in [0.2, 0.25) is 5.91 Å². The molecule has 0 spiro atoms. The van der Waals surface area contributed by atoms with E-state index in [4.69, 9.17) is 4.74 Å². The Balaban J connectivity index is 1.71. The number of carbonyl (C=O) groups excluding carboxylic acids is 1. The van der Waals surface area contributed by atoms with Crippen LogP contribution in [0.3, 0.4) is 0 Å². The molecular weight excluding hydrogens is 312 g/mol. The van der Waals surface area contributed by atoms with Crippen molar-refractivity contribution in [2.24, 2.45) is 0 Å². The standard InChI is InChI=1S/C21H26N2O2/c1-3-23(19-8-5-4-6-9-19)17-7-16-22-21(24)15-12-18-10-13-20(25-2)14-11-18/h4-6,8-15H,3,7,16-17H2,1-2H3,(H,22,24). The van der Waals surface area contributed by atoms with Crippen LogP contribution >= 0.6 is 0 Å². The predicted molar refractivity (Wildman–Crippen MR) is 104 cm³/mol. The summed E-state index contributed by atoms with van der Waals surface area (Å²) in [6.07, 6.45) is 4.28. The zero-order valence-corrected chi connectivity index (χ0v) is 14.9. The molecule has 132 valence electrons. The molecule has 0 heterocycles. The zero-order valence-electron chi connectivity index (χ0n) is 14.9. The normalized spacial score (nSPS) is 10.6. The van der Waals surface area contributed by atoms with Crippen molar-refractivity contribution in [3.05, 3.63) is 66.2 Å². The summed E-state index contributed by atoms with van der Waals surface area (Å²) in [6, 6.07) is 17.9. The van der Waals surface area contributed by atoms with Crippen LogP contribution in [-0.2, 0) is 4.79 Å². The van der Waals surface area contributed by atoms with Crippen molar-refractivity contribution >= 4 is 17.7 Å². The topological polar surface area (TPSA) is 41.6 Å². The Hall–Kier alpha value is -2.75. The van der Waals surface area contributed by atoms with Gasteiger partial charge in [-0.1, -0.05) is 30.3 Å². The van der Waals surface area contributed by atoms with Gasteiger partial charge in [0.1, 0.15) is 5.75 Å². The number of ether oxygens (including phenoxy) is 1. The van der Waals surface area contributed by atoms with Crippen LogP contribution in [0.25, 0.3) is 6.08 Å². The molecule has 0 bridgehead atoms. The number of para-hydroxylation sites is 1. The van der Waals surface area contributed by atoms with Crippen LogP contribution in [0.5, 0.6) is 5.75 Å². The Labute approximate surface area is 150 Å². The maximum Gasteiger partial charge on any atom is 0.244 e. The number of benzene rings is 2. The van der Waals surface area contributed by atoms with Gasteiger partial charge in [-0.25, -0.2) is 0 Å². The van der Waals surface area contributed by atoms with Gasteiger partial charge in [-0.15, -0.1) is 0 Å². The quantitative estimate of drug-likeness (QED) is 0.559. The first kappa shape index (κ1) is 18.6. The van der Waals surface area contributed by atoms with Gasteiger partial charge in [0.05, 0.1) is 7.11 Å². The summed E-state index contributed by atoms with van der Waals surface area (Å²) in [5.41, 5.74) is 2.19. The van der Waals surface area contributed by atoms with Crippen molar-refractivity contribution < 1.29 is 9.53 Å². The van der Waals surface area contributed by atoms with Gasteiger partial charge in [-0.3, -0.25) is 4.79 Å². The van der Waals surface area contributed by atoms with E-state index in [2.05, 4.69) is 29.3 Å². The van der Waals surface area contributed by atoms with E-state index < -0.39 is 0 Å². The second-order valence-corrected chi connectivity index (χ2v) is 5.67. The molecule has 0 aliphatic carbocycles. The summed E-state index contributed by atoms with van der Waals surface area (Å²) in [4.78, 5) is 14.2. The average Bonchev–Trinajstić information content (AvgIpc) is 2.67. The summed E-state index contributed by atoms with van der Waals surface area (Å²) in [7, 11) is 1.63. The van der Waals surface area contributed by atoms with Gasteiger partial charge in [0.15, 0.2) is 0 Å². The van der Waals surface area contributed by atoms with E-state index in [0.29, 0.717) is 6.54 Å². The molecule has 1 amide bonds. The third-order valence-electron chi connectivity index (χ3n) is 3.95. The number of carbonyl (C=O) groups is 1. The molecule has 0 fully saturated rings. The molecule has 0 saturated heterocycles. The number of rotatable bonds is 9. The van der Waals surface area contributed by atoms with Gasteiger partial charge in [0.25, 0.3) is 0 Å². The van der Waals surface area contributed by atoms with Gasteiger partial charge in [0, 0.05) is 31.4 Å².